The first-order valence-electron chi connectivity index (χ1n) is 5.69. The SMILES string of the molecule is CN(C)CCCCNc1c(Br)cncc1[N+](=O)[O-]. The number of hydrogen-bond acceptors (Lipinski definition) is 5. The normalized spacial score (nSPS) is 10.7. The van der Waals surface area contributed by atoms with Crippen molar-refractivity contribution < 1.29 is 4.92 Å². The first-order chi connectivity index (χ1) is 8.52. The number of halogens is 1. The second-order valence-electron chi connectivity index (χ2n) is 4.21. The fourth-order valence-electron chi connectivity index (χ4n) is 1.50. The molecular weight excluding hydrogens is 300 g/mol. The zero-order valence-electron chi connectivity index (χ0n) is 10.5. The largest absolute Gasteiger partial charge is 0.378 e. The molecule has 0 aromatic carbocycles. The van der Waals surface area contributed by atoms with Crippen LogP contribution in [0.1, 0.15) is 12.8 Å². The van der Waals surface area contributed by atoms with Gasteiger partial charge in [-0.1, -0.05) is 0 Å². The highest BCUT2D eigenvalue weighted by atomic mass is 79.9. The maximum atomic E-state index is 10.9. The summed E-state index contributed by atoms with van der Waals surface area (Å²) < 4.78 is 0.615. The van der Waals surface area contributed by atoms with Crippen molar-refractivity contribution in [3.63, 3.8) is 0 Å². The van der Waals surface area contributed by atoms with Gasteiger partial charge in [0.15, 0.2) is 0 Å². The van der Waals surface area contributed by atoms with Gasteiger partial charge in [0.05, 0.1) is 9.40 Å². The lowest BCUT2D eigenvalue weighted by molar-refractivity contribution is -0.384. The second-order valence-corrected chi connectivity index (χ2v) is 5.06. The minimum Gasteiger partial charge on any atom is -0.378 e. The number of aromatic nitrogens is 1. The van der Waals surface area contributed by atoms with Crippen molar-refractivity contribution >= 4 is 27.3 Å². The number of anilines is 1. The molecule has 0 atom stereocenters. The Balaban J connectivity index is 2.53. The van der Waals surface area contributed by atoms with Crippen LogP contribution >= 0.6 is 15.9 Å². The molecule has 7 heteroatoms. The molecule has 1 heterocycles. The van der Waals surface area contributed by atoms with E-state index in [1.54, 1.807) is 6.20 Å². The van der Waals surface area contributed by atoms with E-state index in [9.17, 15) is 10.1 Å². The minimum absolute atomic E-state index is 0.00279. The molecule has 1 N–H and O–H groups in total. The third kappa shape index (κ3) is 4.58. The van der Waals surface area contributed by atoms with Crippen LogP contribution in [-0.4, -0.2) is 42.0 Å². The van der Waals surface area contributed by atoms with E-state index in [1.165, 1.54) is 6.20 Å². The van der Waals surface area contributed by atoms with Gasteiger partial charge in [0.2, 0.25) is 0 Å². The monoisotopic (exact) mass is 316 g/mol. The lowest BCUT2D eigenvalue weighted by atomic mass is 10.3. The van der Waals surface area contributed by atoms with Gasteiger partial charge in [-0.3, -0.25) is 15.1 Å². The van der Waals surface area contributed by atoms with Gasteiger partial charge in [0, 0.05) is 12.7 Å². The van der Waals surface area contributed by atoms with Gasteiger partial charge < -0.3 is 10.2 Å². The average Bonchev–Trinajstić information content (AvgIpc) is 2.29. The van der Waals surface area contributed by atoms with E-state index in [1.807, 2.05) is 14.1 Å². The van der Waals surface area contributed by atoms with E-state index < -0.39 is 4.92 Å². The van der Waals surface area contributed by atoms with Crippen molar-refractivity contribution in [1.29, 1.82) is 0 Å². The van der Waals surface area contributed by atoms with Crippen LogP contribution in [0.25, 0.3) is 0 Å². The van der Waals surface area contributed by atoms with Crippen LogP contribution in [0.4, 0.5) is 11.4 Å². The Labute approximate surface area is 115 Å². The van der Waals surface area contributed by atoms with Gasteiger partial charge in [-0.05, 0) is 49.4 Å². The molecular formula is C11H17BrN4O2. The molecule has 100 valence electrons. The molecule has 0 saturated carbocycles. The van der Waals surface area contributed by atoms with Crippen molar-refractivity contribution in [2.45, 2.75) is 12.8 Å². The van der Waals surface area contributed by atoms with Gasteiger partial charge in [-0.2, -0.15) is 0 Å². The summed E-state index contributed by atoms with van der Waals surface area (Å²) in [4.78, 5) is 16.3. The molecule has 0 saturated heterocycles. The maximum Gasteiger partial charge on any atom is 0.311 e. The van der Waals surface area contributed by atoms with Crippen LogP contribution in [-0.2, 0) is 0 Å². The topological polar surface area (TPSA) is 71.3 Å². The number of nitrogens with one attached hydrogen (secondary N) is 1. The van der Waals surface area contributed by atoms with Crippen LogP contribution in [0.3, 0.4) is 0 Å². The molecule has 0 bridgehead atoms. The fourth-order valence-corrected chi connectivity index (χ4v) is 1.97. The van der Waals surface area contributed by atoms with Gasteiger partial charge in [0.25, 0.3) is 0 Å². The van der Waals surface area contributed by atoms with Crippen LogP contribution in [0.5, 0.6) is 0 Å². The molecule has 1 rings (SSSR count). The first kappa shape index (κ1) is 14.8. The molecule has 1 aromatic heterocycles. The van der Waals surface area contributed by atoms with E-state index >= 15 is 0 Å². The molecule has 0 aliphatic heterocycles. The first-order valence-corrected chi connectivity index (χ1v) is 6.48. The second kappa shape index (κ2) is 7.27. The lowest BCUT2D eigenvalue weighted by Crippen LogP contribution is -2.14. The number of hydrogen-bond donors (Lipinski definition) is 1. The van der Waals surface area contributed by atoms with Gasteiger partial charge in [-0.15, -0.1) is 0 Å². The quantitative estimate of drug-likeness (QED) is 0.475. The highest BCUT2D eigenvalue weighted by Crippen LogP contribution is 2.30. The summed E-state index contributed by atoms with van der Waals surface area (Å²) >= 11 is 3.27. The standard InChI is InChI=1S/C11H17BrN4O2/c1-15(2)6-4-3-5-14-11-9(12)7-13-8-10(11)16(17)18/h7-8H,3-6H2,1-2H3,(H,13,14). The number of nitrogens with zero attached hydrogens (tertiary/aromatic N) is 3. The van der Waals surface area contributed by atoms with Crippen LogP contribution in [0, 0.1) is 10.1 Å². The van der Waals surface area contributed by atoms with Crippen molar-refractivity contribution in [3.8, 4) is 0 Å². The molecule has 0 fully saturated rings. The fraction of sp³-hybridized carbons (Fsp3) is 0.545. The molecule has 0 radical (unpaired) electrons. The number of pyridine rings is 1. The molecule has 0 unspecified atom stereocenters. The molecule has 18 heavy (non-hydrogen) atoms. The highest BCUT2D eigenvalue weighted by molar-refractivity contribution is 9.10. The van der Waals surface area contributed by atoms with E-state index in [0.717, 1.165) is 19.4 Å². The Kier molecular flexibility index (Phi) is 6.00. The minimum atomic E-state index is -0.431. The van der Waals surface area contributed by atoms with Gasteiger partial charge in [-0.25, -0.2) is 0 Å². The predicted octanol–water partition coefficient (Wildman–Crippen LogP) is 2.51. The van der Waals surface area contributed by atoms with Crippen molar-refractivity contribution in [2.24, 2.45) is 0 Å². The Hall–Kier alpha value is -1.21. The van der Waals surface area contributed by atoms with E-state index in [4.69, 9.17) is 0 Å². The third-order valence-corrected chi connectivity index (χ3v) is 3.01. The number of unbranched alkanes of at least 4 members (excludes halogenated alkanes) is 1. The molecule has 0 amide bonds. The molecule has 0 spiro atoms. The van der Waals surface area contributed by atoms with Crippen molar-refractivity contribution in [3.05, 3.63) is 27.0 Å². The number of nitro groups is 1. The summed E-state index contributed by atoms with van der Waals surface area (Å²) in [5.74, 6) is 0. The smallest absolute Gasteiger partial charge is 0.311 e. The summed E-state index contributed by atoms with van der Waals surface area (Å²) in [6.07, 6.45) is 4.82. The average molecular weight is 317 g/mol. The van der Waals surface area contributed by atoms with Crippen LogP contribution < -0.4 is 5.32 Å². The van der Waals surface area contributed by atoms with E-state index in [2.05, 4.69) is 31.1 Å². The Morgan fingerprint density at radius 2 is 2.17 bits per heavy atom. The van der Waals surface area contributed by atoms with Gasteiger partial charge >= 0.3 is 5.69 Å². The van der Waals surface area contributed by atoms with Crippen molar-refractivity contribution in [2.75, 3.05) is 32.5 Å². The molecule has 1 aromatic rings. The van der Waals surface area contributed by atoms with E-state index in [0.29, 0.717) is 16.7 Å². The summed E-state index contributed by atoms with van der Waals surface area (Å²) in [6.45, 7) is 1.72. The Morgan fingerprint density at radius 3 is 2.78 bits per heavy atom. The molecule has 0 aliphatic rings. The van der Waals surface area contributed by atoms with Crippen LogP contribution in [0.15, 0.2) is 16.9 Å². The zero-order chi connectivity index (χ0) is 13.5. The predicted molar refractivity (Wildman–Crippen MR) is 74.9 cm³/mol. The summed E-state index contributed by atoms with van der Waals surface area (Å²) in [5.41, 5.74) is 0.497. The van der Waals surface area contributed by atoms with Crippen molar-refractivity contribution in [1.82, 2.24) is 9.88 Å². The Morgan fingerprint density at radius 1 is 1.44 bits per heavy atom. The zero-order valence-corrected chi connectivity index (χ0v) is 12.1. The summed E-state index contributed by atoms with van der Waals surface area (Å²) in [6, 6.07) is 0. The third-order valence-electron chi connectivity index (χ3n) is 2.41. The summed E-state index contributed by atoms with van der Waals surface area (Å²) in [7, 11) is 4.05. The maximum absolute atomic E-state index is 10.9. The Bertz CT molecular complexity index is 412. The lowest BCUT2D eigenvalue weighted by Gasteiger charge is -2.11. The van der Waals surface area contributed by atoms with E-state index in [-0.39, 0.29) is 5.69 Å². The summed E-state index contributed by atoms with van der Waals surface area (Å²) in [5, 5.41) is 13.9. The number of rotatable bonds is 7. The molecule has 0 aliphatic carbocycles. The van der Waals surface area contributed by atoms with Crippen LogP contribution in [0.2, 0.25) is 0 Å². The highest BCUT2D eigenvalue weighted by Gasteiger charge is 2.16. The molecule has 6 nitrogen and oxygen atoms in total. The van der Waals surface area contributed by atoms with Gasteiger partial charge in [0.1, 0.15) is 11.9 Å².